The summed E-state index contributed by atoms with van der Waals surface area (Å²) >= 11 is 5.68. The highest BCUT2D eigenvalue weighted by Crippen LogP contribution is 2.16. The van der Waals surface area contributed by atoms with Gasteiger partial charge in [-0.2, -0.15) is 0 Å². The van der Waals surface area contributed by atoms with Gasteiger partial charge in [-0.05, 0) is 37.5 Å². The van der Waals surface area contributed by atoms with Gasteiger partial charge in [-0.25, -0.2) is 13.2 Å². The smallest absolute Gasteiger partial charge is 0.194 e. The monoisotopic (exact) mass is 222 g/mol. The molecular weight excluding hydrogens is 213 g/mol. The Labute approximate surface area is 85.7 Å². The fourth-order valence-electron chi connectivity index (χ4n) is 1.12. The van der Waals surface area contributed by atoms with Crippen LogP contribution >= 0.6 is 11.6 Å². The van der Waals surface area contributed by atoms with Crippen LogP contribution in [0.1, 0.15) is 18.9 Å². The fourth-order valence-corrected chi connectivity index (χ4v) is 1.23. The van der Waals surface area contributed by atoms with E-state index in [4.69, 9.17) is 11.6 Å². The number of alkyl halides is 1. The fraction of sp³-hybridized carbons (Fsp3) is 0.400. The number of halogens is 4. The zero-order chi connectivity index (χ0) is 10.7. The van der Waals surface area contributed by atoms with Gasteiger partial charge in [0.05, 0.1) is 0 Å². The Morgan fingerprint density at radius 3 is 2.14 bits per heavy atom. The molecule has 0 aliphatic carbocycles. The van der Waals surface area contributed by atoms with Crippen LogP contribution in [0.25, 0.3) is 0 Å². The van der Waals surface area contributed by atoms with Crippen LogP contribution in [0.4, 0.5) is 13.2 Å². The first-order chi connectivity index (χ1) is 6.50. The van der Waals surface area contributed by atoms with E-state index in [1.54, 1.807) is 6.92 Å². The van der Waals surface area contributed by atoms with E-state index in [1.807, 2.05) is 0 Å². The standard InChI is InChI=1S/C10H10ClF3/c1-6(11)2-3-7-4-8(12)10(14)9(13)5-7/h4-6H,2-3H2,1H3. The van der Waals surface area contributed by atoms with Gasteiger partial charge in [0.25, 0.3) is 0 Å². The third kappa shape index (κ3) is 2.91. The highest BCUT2D eigenvalue weighted by molar-refractivity contribution is 6.20. The molecule has 0 bridgehead atoms. The van der Waals surface area contributed by atoms with E-state index in [0.29, 0.717) is 18.4 Å². The lowest BCUT2D eigenvalue weighted by Crippen LogP contribution is -1.98. The summed E-state index contributed by atoms with van der Waals surface area (Å²) in [5.41, 5.74) is 0.425. The molecule has 1 rings (SSSR count). The van der Waals surface area contributed by atoms with Crippen molar-refractivity contribution in [1.82, 2.24) is 0 Å². The first-order valence-corrected chi connectivity index (χ1v) is 4.72. The lowest BCUT2D eigenvalue weighted by Gasteiger charge is -2.04. The number of rotatable bonds is 3. The van der Waals surface area contributed by atoms with E-state index >= 15 is 0 Å². The Bertz CT molecular complexity index is 300. The molecule has 1 aromatic carbocycles. The van der Waals surface area contributed by atoms with Gasteiger partial charge in [0.2, 0.25) is 0 Å². The summed E-state index contributed by atoms with van der Waals surface area (Å²) in [6.45, 7) is 1.79. The lowest BCUT2D eigenvalue weighted by atomic mass is 10.1. The maximum Gasteiger partial charge on any atom is 0.194 e. The van der Waals surface area contributed by atoms with Crippen molar-refractivity contribution in [2.75, 3.05) is 0 Å². The van der Waals surface area contributed by atoms with Gasteiger partial charge in [-0.15, -0.1) is 11.6 Å². The van der Waals surface area contributed by atoms with Crippen LogP contribution in [0, 0.1) is 17.5 Å². The summed E-state index contributed by atoms with van der Waals surface area (Å²) < 4.78 is 38.0. The summed E-state index contributed by atoms with van der Waals surface area (Å²) in [6, 6.07) is 2.00. The Balaban J connectivity index is 2.79. The predicted octanol–water partition coefficient (Wildman–Crippen LogP) is 3.66. The zero-order valence-electron chi connectivity index (χ0n) is 7.66. The summed E-state index contributed by atoms with van der Waals surface area (Å²) in [4.78, 5) is 0. The number of aryl methyl sites for hydroxylation is 1. The van der Waals surface area contributed by atoms with Crippen LogP contribution in [-0.2, 0) is 6.42 Å². The minimum Gasteiger partial charge on any atom is -0.204 e. The molecule has 0 fully saturated rings. The van der Waals surface area contributed by atoms with Crippen LogP contribution in [0.3, 0.4) is 0 Å². The number of benzene rings is 1. The highest BCUT2D eigenvalue weighted by atomic mass is 35.5. The predicted molar refractivity (Wildman–Crippen MR) is 50.0 cm³/mol. The van der Waals surface area contributed by atoms with Crippen LogP contribution in [0.2, 0.25) is 0 Å². The summed E-state index contributed by atoms with van der Waals surface area (Å²) in [5.74, 6) is -3.72. The summed E-state index contributed by atoms with van der Waals surface area (Å²) in [5, 5.41) is -0.0637. The van der Waals surface area contributed by atoms with Gasteiger partial charge >= 0.3 is 0 Å². The summed E-state index contributed by atoms with van der Waals surface area (Å²) in [7, 11) is 0. The Hall–Kier alpha value is -0.700. The number of hydrogen-bond acceptors (Lipinski definition) is 0. The molecule has 0 heterocycles. The molecule has 0 saturated carbocycles. The molecule has 0 N–H and O–H groups in total. The van der Waals surface area contributed by atoms with Gasteiger partial charge in [0, 0.05) is 5.38 Å². The van der Waals surface area contributed by atoms with Crippen molar-refractivity contribution in [2.24, 2.45) is 0 Å². The van der Waals surface area contributed by atoms with E-state index in [1.165, 1.54) is 0 Å². The SMILES string of the molecule is CC(Cl)CCc1cc(F)c(F)c(F)c1. The third-order valence-corrected chi connectivity index (χ3v) is 2.09. The molecule has 0 spiro atoms. The third-order valence-electron chi connectivity index (χ3n) is 1.87. The quantitative estimate of drug-likeness (QED) is 0.541. The van der Waals surface area contributed by atoms with Crippen LogP contribution < -0.4 is 0 Å². The van der Waals surface area contributed by atoms with E-state index < -0.39 is 17.5 Å². The topological polar surface area (TPSA) is 0 Å². The van der Waals surface area contributed by atoms with E-state index in [9.17, 15) is 13.2 Å². The Morgan fingerprint density at radius 2 is 1.71 bits per heavy atom. The second-order valence-electron chi connectivity index (χ2n) is 3.19. The first-order valence-electron chi connectivity index (χ1n) is 4.28. The molecule has 1 aromatic rings. The van der Waals surface area contributed by atoms with Crippen molar-refractivity contribution in [2.45, 2.75) is 25.1 Å². The minimum absolute atomic E-state index is 0.0637. The maximum absolute atomic E-state index is 12.7. The van der Waals surface area contributed by atoms with E-state index in [0.717, 1.165) is 12.1 Å². The van der Waals surface area contributed by atoms with Crippen molar-refractivity contribution < 1.29 is 13.2 Å². The first kappa shape index (κ1) is 11.4. The molecule has 0 saturated heterocycles. The number of hydrogen-bond donors (Lipinski definition) is 0. The highest BCUT2D eigenvalue weighted by Gasteiger charge is 2.10. The minimum atomic E-state index is -1.42. The van der Waals surface area contributed by atoms with Gasteiger partial charge in [-0.3, -0.25) is 0 Å². The molecule has 1 atom stereocenters. The lowest BCUT2D eigenvalue weighted by molar-refractivity contribution is 0.445. The van der Waals surface area contributed by atoms with Crippen molar-refractivity contribution in [3.63, 3.8) is 0 Å². The van der Waals surface area contributed by atoms with Crippen molar-refractivity contribution in [1.29, 1.82) is 0 Å². The molecule has 0 nitrogen and oxygen atoms in total. The van der Waals surface area contributed by atoms with E-state index in [-0.39, 0.29) is 5.38 Å². The van der Waals surface area contributed by atoms with Gasteiger partial charge in [0.15, 0.2) is 17.5 Å². The van der Waals surface area contributed by atoms with Gasteiger partial charge in [0.1, 0.15) is 0 Å². The van der Waals surface area contributed by atoms with Crippen molar-refractivity contribution in [3.05, 3.63) is 35.1 Å². The molecule has 0 aromatic heterocycles. The van der Waals surface area contributed by atoms with Gasteiger partial charge in [-0.1, -0.05) is 0 Å². The molecule has 4 heteroatoms. The Morgan fingerprint density at radius 1 is 1.21 bits per heavy atom. The zero-order valence-corrected chi connectivity index (χ0v) is 8.41. The molecule has 1 unspecified atom stereocenters. The van der Waals surface area contributed by atoms with Crippen LogP contribution in [0.5, 0.6) is 0 Å². The second kappa shape index (κ2) is 4.69. The van der Waals surface area contributed by atoms with Crippen molar-refractivity contribution >= 4 is 11.6 Å². The molecule has 0 aliphatic heterocycles. The second-order valence-corrected chi connectivity index (χ2v) is 3.94. The summed E-state index contributed by atoms with van der Waals surface area (Å²) in [6.07, 6.45) is 1.05. The average molecular weight is 223 g/mol. The van der Waals surface area contributed by atoms with Crippen LogP contribution in [0.15, 0.2) is 12.1 Å². The normalized spacial score (nSPS) is 12.9. The largest absolute Gasteiger partial charge is 0.204 e. The van der Waals surface area contributed by atoms with E-state index in [2.05, 4.69) is 0 Å². The molecule has 0 amide bonds. The molecule has 0 aliphatic rings. The maximum atomic E-state index is 12.7. The molecule has 0 radical (unpaired) electrons. The Kier molecular flexibility index (Phi) is 3.81. The molecule has 78 valence electrons. The molecular formula is C10H10ClF3. The van der Waals surface area contributed by atoms with Crippen molar-refractivity contribution in [3.8, 4) is 0 Å². The average Bonchev–Trinajstić information content (AvgIpc) is 2.10. The van der Waals surface area contributed by atoms with Gasteiger partial charge < -0.3 is 0 Å². The van der Waals surface area contributed by atoms with Crippen LogP contribution in [-0.4, -0.2) is 5.38 Å². The molecule has 14 heavy (non-hydrogen) atoms.